The fourth-order valence-electron chi connectivity index (χ4n) is 6.63. The van der Waals surface area contributed by atoms with Crippen molar-refractivity contribution in [1.29, 1.82) is 0 Å². The predicted octanol–water partition coefficient (Wildman–Crippen LogP) is 14.5. The number of phosphoric acid groups is 1. The smallest absolute Gasteiger partial charge is 0.462 e. The number of hydrogen-bond acceptors (Lipinski definition) is 6. The van der Waals surface area contributed by atoms with Crippen LogP contribution in [0.4, 0.5) is 0 Å². The second kappa shape index (κ2) is 42.9. The molecule has 2 N–H and O–H groups in total. The fourth-order valence-corrected chi connectivity index (χ4v) is 6.99. The Kier molecular flexibility index (Phi) is 41.5. The highest BCUT2D eigenvalue weighted by atomic mass is 31.2. The van der Waals surface area contributed by atoms with E-state index in [4.69, 9.17) is 19.3 Å². The fraction of sp³-hybridized carbons (Fsp3) is 0.830. The number of allylic oxidation sites excluding steroid dienone is 6. The Hall–Kier alpha value is -1.73. The van der Waals surface area contributed by atoms with Crippen molar-refractivity contribution in [2.45, 2.75) is 238 Å². The SMILES string of the molecule is CCCCC/C=C\C/C=C\CCCCCCCCCC(=O)O[C@H](COC(=O)CCCCCCCCCCCCC/C=C\CCCCCCCC)COP(=O)(O)O. The van der Waals surface area contributed by atoms with Gasteiger partial charge in [-0.25, -0.2) is 4.57 Å². The maximum absolute atomic E-state index is 12.4. The van der Waals surface area contributed by atoms with Gasteiger partial charge >= 0.3 is 19.8 Å². The van der Waals surface area contributed by atoms with E-state index in [2.05, 4.69) is 54.8 Å². The van der Waals surface area contributed by atoms with Crippen molar-refractivity contribution < 1.29 is 37.9 Å². The van der Waals surface area contributed by atoms with Gasteiger partial charge in [-0.15, -0.1) is 0 Å². The summed E-state index contributed by atoms with van der Waals surface area (Å²) in [6, 6.07) is 0. The average Bonchev–Trinajstić information content (AvgIpc) is 3.17. The highest BCUT2D eigenvalue weighted by molar-refractivity contribution is 7.46. The third kappa shape index (κ3) is 45.0. The van der Waals surface area contributed by atoms with E-state index in [1.54, 1.807) is 0 Å². The minimum atomic E-state index is -4.76. The molecular formula is C47H87O8P. The summed E-state index contributed by atoms with van der Waals surface area (Å²) in [7, 11) is -4.76. The lowest BCUT2D eigenvalue weighted by Gasteiger charge is -2.18. The normalized spacial score (nSPS) is 12.7. The van der Waals surface area contributed by atoms with Crippen LogP contribution in [0.25, 0.3) is 0 Å². The summed E-state index contributed by atoms with van der Waals surface area (Å²) < 4.78 is 26.5. The van der Waals surface area contributed by atoms with Crippen molar-refractivity contribution >= 4 is 19.8 Å². The number of rotatable bonds is 43. The number of hydrogen-bond donors (Lipinski definition) is 2. The van der Waals surface area contributed by atoms with Crippen LogP contribution in [-0.2, 0) is 28.2 Å². The third-order valence-corrected chi connectivity index (χ3v) is 10.6. The second-order valence-electron chi connectivity index (χ2n) is 15.7. The molecule has 56 heavy (non-hydrogen) atoms. The molecule has 0 aromatic carbocycles. The molecule has 0 radical (unpaired) electrons. The summed E-state index contributed by atoms with van der Waals surface area (Å²) in [5.74, 6) is -0.887. The van der Waals surface area contributed by atoms with Crippen LogP contribution < -0.4 is 0 Å². The highest BCUT2D eigenvalue weighted by Gasteiger charge is 2.23. The van der Waals surface area contributed by atoms with Crippen LogP contribution in [0.5, 0.6) is 0 Å². The molecule has 0 aromatic heterocycles. The topological polar surface area (TPSA) is 119 Å². The molecule has 328 valence electrons. The Labute approximate surface area is 344 Å². The first-order chi connectivity index (χ1) is 27.3. The maximum Gasteiger partial charge on any atom is 0.469 e. The first-order valence-corrected chi connectivity index (χ1v) is 24.8. The average molecular weight is 811 g/mol. The summed E-state index contributed by atoms with van der Waals surface area (Å²) in [4.78, 5) is 43.0. The van der Waals surface area contributed by atoms with Gasteiger partial charge in [-0.3, -0.25) is 14.1 Å². The van der Waals surface area contributed by atoms with Crippen LogP contribution in [0, 0.1) is 0 Å². The minimum absolute atomic E-state index is 0.204. The molecule has 9 heteroatoms. The summed E-state index contributed by atoms with van der Waals surface area (Å²) >= 11 is 0. The van der Waals surface area contributed by atoms with Crippen molar-refractivity contribution in [3.63, 3.8) is 0 Å². The summed E-state index contributed by atoms with van der Waals surface area (Å²) in [6.07, 6.45) is 51.5. The third-order valence-electron chi connectivity index (χ3n) is 10.1. The lowest BCUT2D eigenvalue weighted by molar-refractivity contribution is -0.161. The lowest BCUT2D eigenvalue weighted by Crippen LogP contribution is -2.29. The van der Waals surface area contributed by atoms with Crippen molar-refractivity contribution in [2.75, 3.05) is 13.2 Å². The molecule has 0 aromatic rings. The zero-order valence-corrected chi connectivity index (χ0v) is 37.2. The second-order valence-corrected chi connectivity index (χ2v) is 17.0. The molecule has 8 nitrogen and oxygen atoms in total. The predicted molar refractivity (Wildman–Crippen MR) is 235 cm³/mol. The maximum atomic E-state index is 12.4. The molecule has 0 unspecified atom stereocenters. The van der Waals surface area contributed by atoms with E-state index < -0.39 is 32.5 Å². The molecule has 0 aliphatic heterocycles. The molecule has 0 saturated heterocycles. The Morgan fingerprint density at radius 2 is 0.804 bits per heavy atom. The number of ether oxygens (including phenoxy) is 2. The monoisotopic (exact) mass is 811 g/mol. The van der Waals surface area contributed by atoms with Crippen LogP contribution in [0.15, 0.2) is 36.5 Å². The Bertz CT molecular complexity index is 1000. The zero-order chi connectivity index (χ0) is 41.1. The van der Waals surface area contributed by atoms with Gasteiger partial charge in [0.05, 0.1) is 6.61 Å². The summed E-state index contributed by atoms with van der Waals surface area (Å²) in [5.41, 5.74) is 0. The number of carbonyl (C=O) groups excluding carboxylic acids is 2. The van der Waals surface area contributed by atoms with E-state index in [1.807, 2.05) is 0 Å². The standard InChI is InChI=1S/C47H87O8P/c1-3-5-7-9-11-13-15-17-19-21-22-23-24-26-27-29-31-33-35-37-39-41-46(48)53-43-45(44-54-56(50,51)52)55-47(49)42-40-38-36-34-32-30-28-25-20-18-16-14-12-10-8-6-4-2/h12,14,17-20,45H,3-11,13,15-16,21-44H2,1-2H3,(H2,50,51,52)/b14-12-,19-17-,20-18-/t45-/m1/s1. The minimum Gasteiger partial charge on any atom is -0.462 e. The van der Waals surface area contributed by atoms with Gasteiger partial charge < -0.3 is 19.3 Å². The molecule has 1 atom stereocenters. The van der Waals surface area contributed by atoms with E-state index in [-0.39, 0.29) is 19.4 Å². The van der Waals surface area contributed by atoms with Crippen molar-refractivity contribution in [3.05, 3.63) is 36.5 Å². The van der Waals surface area contributed by atoms with Crippen LogP contribution in [0.3, 0.4) is 0 Å². The van der Waals surface area contributed by atoms with E-state index in [1.165, 1.54) is 148 Å². The molecule has 0 aliphatic rings. The van der Waals surface area contributed by atoms with Crippen LogP contribution in [0.1, 0.15) is 232 Å². The van der Waals surface area contributed by atoms with Gasteiger partial charge in [-0.05, 0) is 70.6 Å². The molecule has 0 aliphatic carbocycles. The van der Waals surface area contributed by atoms with Gasteiger partial charge in [-0.2, -0.15) is 0 Å². The number of unbranched alkanes of at least 4 members (excludes halogenated alkanes) is 27. The van der Waals surface area contributed by atoms with Crippen LogP contribution in [0.2, 0.25) is 0 Å². The van der Waals surface area contributed by atoms with Crippen molar-refractivity contribution in [2.24, 2.45) is 0 Å². The van der Waals surface area contributed by atoms with Gasteiger partial charge in [0.1, 0.15) is 6.61 Å². The highest BCUT2D eigenvalue weighted by Crippen LogP contribution is 2.36. The Morgan fingerprint density at radius 1 is 0.464 bits per heavy atom. The van der Waals surface area contributed by atoms with Crippen LogP contribution in [-0.4, -0.2) is 41.0 Å². The van der Waals surface area contributed by atoms with Gasteiger partial charge in [-0.1, -0.05) is 185 Å². The summed E-state index contributed by atoms with van der Waals surface area (Å²) in [6.45, 7) is 3.67. The quantitative estimate of drug-likeness (QED) is 0.0270. The van der Waals surface area contributed by atoms with E-state index >= 15 is 0 Å². The summed E-state index contributed by atoms with van der Waals surface area (Å²) in [5, 5.41) is 0. The molecule has 0 saturated carbocycles. The van der Waals surface area contributed by atoms with Crippen molar-refractivity contribution in [1.82, 2.24) is 0 Å². The molecule has 0 rings (SSSR count). The molecular weight excluding hydrogens is 723 g/mol. The van der Waals surface area contributed by atoms with Gasteiger partial charge in [0, 0.05) is 12.8 Å². The molecule has 0 spiro atoms. The number of esters is 2. The Morgan fingerprint density at radius 3 is 1.23 bits per heavy atom. The number of phosphoric ester groups is 1. The first-order valence-electron chi connectivity index (χ1n) is 23.3. The molecule has 0 bridgehead atoms. The Balaban J connectivity index is 3.85. The van der Waals surface area contributed by atoms with E-state index in [0.29, 0.717) is 6.42 Å². The van der Waals surface area contributed by atoms with E-state index in [0.717, 1.165) is 51.4 Å². The first kappa shape index (κ1) is 54.3. The zero-order valence-electron chi connectivity index (χ0n) is 36.3. The molecule has 0 amide bonds. The van der Waals surface area contributed by atoms with Crippen molar-refractivity contribution in [3.8, 4) is 0 Å². The largest absolute Gasteiger partial charge is 0.469 e. The molecule has 0 heterocycles. The number of carbonyl (C=O) groups is 2. The molecule has 0 fully saturated rings. The van der Waals surface area contributed by atoms with Gasteiger partial charge in [0.25, 0.3) is 0 Å². The van der Waals surface area contributed by atoms with Crippen LogP contribution >= 0.6 is 7.82 Å². The lowest BCUT2D eigenvalue weighted by atomic mass is 10.0. The van der Waals surface area contributed by atoms with Gasteiger partial charge in [0.15, 0.2) is 6.10 Å². The van der Waals surface area contributed by atoms with E-state index in [9.17, 15) is 14.2 Å². The van der Waals surface area contributed by atoms with Gasteiger partial charge in [0.2, 0.25) is 0 Å².